The number of hydrogen-bond donors (Lipinski definition) is 1. The molecular formula is C24H30FN3O4S. The van der Waals surface area contributed by atoms with Crippen LogP contribution >= 0.6 is 0 Å². The first-order chi connectivity index (χ1) is 15.9. The average molecular weight is 476 g/mol. The summed E-state index contributed by atoms with van der Waals surface area (Å²) in [5.74, 6) is -1.04. The van der Waals surface area contributed by atoms with Gasteiger partial charge in [0, 0.05) is 39.3 Å². The van der Waals surface area contributed by atoms with Gasteiger partial charge in [-0.2, -0.15) is 4.31 Å². The van der Waals surface area contributed by atoms with Crippen molar-refractivity contribution in [1.82, 2.24) is 14.5 Å². The predicted molar refractivity (Wildman–Crippen MR) is 122 cm³/mol. The van der Waals surface area contributed by atoms with Gasteiger partial charge >= 0.3 is 0 Å². The first-order valence-electron chi connectivity index (χ1n) is 11.3. The molecule has 7 nitrogen and oxygen atoms in total. The highest BCUT2D eigenvalue weighted by atomic mass is 32.2. The Kier molecular flexibility index (Phi) is 7.75. The zero-order valence-electron chi connectivity index (χ0n) is 18.6. The van der Waals surface area contributed by atoms with Gasteiger partial charge in [-0.1, -0.05) is 24.3 Å². The second kappa shape index (κ2) is 10.7. The van der Waals surface area contributed by atoms with E-state index in [-0.39, 0.29) is 17.3 Å². The first-order valence-corrected chi connectivity index (χ1v) is 12.8. The number of sulfonamides is 1. The van der Waals surface area contributed by atoms with E-state index in [1.807, 2.05) is 12.1 Å². The van der Waals surface area contributed by atoms with Crippen molar-refractivity contribution in [3.05, 3.63) is 65.5 Å². The minimum absolute atomic E-state index is 0.0436. The van der Waals surface area contributed by atoms with E-state index in [9.17, 15) is 17.6 Å². The fourth-order valence-corrected chi connectivity index (χ4v) is 5.84. The molecule has 1 N–H and O–H groups in total. The number of nitrogens with zero attached hydrogens (tertiary/aromatic N) is 2. The fourth-order valence-electron chi connectivity index (χ4n) is 4.32. The lowest BCUT2D eigenvalue weighted by Crippen LogP contribution is -2.45. The van der Waals surface area contributed by atoms with Gasteiger partial charge in [-0.05, 0) is 48.2 Å². The maximum atomic E-state index is 13.2. The summed E-state index contributed by atoms with van der Waals surface area (Å²) < 4.78 is 45.7. The number of ether oxygens (including phenoxy) is 1. The van der Waals surface area contributed by atoms with E-state index in [1.54, 1.807) is 0 Å². The molecule has 2 aliphatic rings. The molecule has 0 unspecified atom stereocenters. The van der Waals surface area contributed by atoms with Crippen molar-refractivity contribution in [2.45, 2.75) is 30.8 Å². The van der Waals surface area contributed by atoms with E-state index < -0.39 is 21.8 Å². The fraction of sp³-hybridized carbons (Fsp3) is 0.458. The first kappa shape index (κ1) is 23.8. The van der Waals surface area contributed by atoms with Crippen LogP contribution in [0, 0.1) is 11.7 Å². The number of amides is 1. The monoisotopic (exact) mass is 475 g/mol. The third-order valence-electron chi connectivity index (χ3n) is 6.17. The molecule has 0 aliphatic carbocycles. The minimum Gasteiger partial charge on any atom is -0.379 e. The lowest BCUT2D eigenvalue weighted by molar-refractivity contribution is -0.126. The summed E-state index contributed by atoms with van der Waals surface area (Å²) in [6.45, 7) is 5.08. The van der Waals surface area contributed by atoms with Crippen molar-refractivity contribution in [2.24, 2.45) is 5.92 Å². The molecule has 2 heterocycles. The molecule has 0 radical (unpaired) electrons. The second-order valence-corrected chi connectivity index (χ2v) is 10.5. The molecule has 2 aromatic rings. The number of rotatable bonds is 7. The number of benzene rings is 2. The molecular weight excluding hydrogens is 445 g/mol. The zero-order chi connectivity index (χ0) is 23.3. The lowest BCUT2D eigenvalue weighted by atomic mass is 9.98. The van der Waals surface area contributed by atoms with Crippen LogP contribution in [-0.4, -0.2) is 62.9 Å². The Bertz CT molecular complexity index is 1060. The molecule has 4 rings (SSSR count). The topological polar surface area (TPSA) is 79.0 Å². The van der Waals surface area contributed by atoms with Gasteiger partial charge in [0.05, 0.1) is 24.0 Å². The van der Waals surface area contributed by atoms with Crippen molar-refractivity contribution >= 4 is 15.9 Å². The SMILES string of the molecule is O=C(NCc1cccc(CN2CCOCC2)c1)[C@H]1CCCN(S(=O)(=O)c2ccc(F)cc2)C1. The largest absolute Gasteiger partial charge is 0.379 e. The molecule has 0 saturated carbocycles. The summed E-state index contributed by atoms with van der Waals surface area (Å²) in [4.78, 5) is 15.2. The standard InChI is InChI=1S/C24H30FN3O4S/c25-22-6-8-23(9-7-22)33(30,31)28-10-2-5-21(18-28)24(29)26-16-19-3-1-4-20(15-19)17-27-11-13-32-14-12-27/h1,3-4,6-9,15,21H,2,5,10-14,16-18H2,(H,26,29)/t21-/m0/s1. The Balaban J connectivity index is 1.33. The number of morpholine rings is 1. The van der Waals surface area contributed by atoms with Gasteiger partial charge in [-0.15, -0.1) is 0 Å². The van der Waals surface area contributed by atoms with E-state index in [4.69, 9.17) is 4.74 Å². The molecule has 2 aliphatic heterocycles. The summed E-state index contributed by atoms with van der Waals surface area (Å²) in [5.41, 5.74) is 2.21. The quantitative estimate of drug-likeness (QED) is 0.665. The van der Waals surface area contributed by atoms with Crippen LogP contribution in [0.3, 0.4) is 0 Å². The highest BCUT2D eigenvalue weighted by Crippen LogP contribution is 2.24. The van der Waals surface area contributed by atoms with Gasteiger partial charge in [0.2, 0.25) is 15.9 Å². The Morgan fingerprint density at radius 2 is 1.79 bits per heavy atom. The molecule has 2 saturated heterocycles. The zero-order valence-corrected chi connectivity index (χ0v) is 19.4. The maximum Gasteiger partial charge on any atom is 0.243 e. The third-order valence-corrected chi connectivity index (χ3v) is 8.05. The van der Waals surface area contributed by atoms with Gasteiger partial charge in [0.25, 0.3) is 0 Å². The predicted octanol–water partition coefficient (Wildman–Crippen LogP) is 2.38. The summed E-state index contributed by atoms with van der Waals surface area (Å²) in [5, 5.41) is 2.98. The molecule has 178 valence electrons. The summed E-state index contributed by atoms with van der Waals surface area (Å²) in [6.07, 6.45) is 1.24. The average Bonchev–Trinajstić information content (AvgIpc) is 2.84. The smallest absolute Gasteiger partial charge is 0.243 e. The highest BCUT2D eigenvalue weighted by molar-refractivity contribution is 7.89. The molecule has 2 aromatic carbocycles. The van der Waals surface area contributed by atoms with Crippen LogP contribution < -0.4 is 5.32 Å². The molecule has 0 spiro atoms. The molecule has 33 heavy (non-hydrogen) atoms. The molecule has 0 bridgehead atoms. The number of halogens is 1. The van der Waals surface area contributed by atoms with Gasteiger partial charge in [0.15, 0.2) is 0 Å². The number of carbonyl (C=O) groups is 1. The Labute approximate surface area is 194 Å². The molecule has 2 fully saturated rings. The van der Waals surface area contributed by atoms with Crippen LogP contribution in [0.25, 0.3) is 0 Å². The number of nitrogens with one attached hydrogen (secondary N) is 1. The second-order valence-electron chi connectivity index (χ2n) is 8.58. The van der Waals surface area contributed by atoms with Crippen molar-refractivity contribution in [2.75, 3.05) is 39.4 Å². The third kappa shape index (κ3) is 6.17. The van der Waals surface area contributed by atoms with Crippen molar-refractivity contribution in [3.8, 4) is 0 Å². The van der Waals surface area contributed by atoms with Gasteiger partial charge in [-0.25, -0.2) is 12.8 Å². The van der Waals surface area contributed by atoms with E-state index in [0.717, 1.165) is 50.5 Å². The normalized spacial score (nSPS) is 20.5. The van der Waals surface area contributed by atoms with Gasteiger partial charge < -0.3 is 10.1 Å². The van der Waals surface area contributed by atoms with Crippen LogP contribution in [-0.2, 0) is 32.6 Å². The van der Waals surface area contributed by atoms with Crippen molar-refractivity contribution in [3.63, 3.8) is 0 Å². The Morgan fingerprint density at radius 1 is 1.06 bits per heavy atom. The van der Waals surface area contributed by atoms with Crippen molar-refractivity contribution in [1.29, 1.82) is 0 Å². The lowest BCUT2D eigenvalue weighted by Gasteiger charge is -2.31. The molecule has 1 atom stereocenters. The highest BCUT2D eigenvalue weighted by Gasteiger charge is 2.33. The van der Waals surface area contributed by atoms with Crippen LogP contribution in [0.15, 0.2) is 53.4 Å². The van der Waals surface area contributed by atoms with E-state index >= 15 is 0 Å². The Hall–Kier alpha value is -2.33. The summed E-state index contributed by atoms with van der Waals surface area (Å²) >= 11 is 0. The van der Waals surface area contributed by atoms with Gasteiger partial charge in [0.1, 0.15) is 5.82 Å². The summed E-state index contributed by atoms with van der Waals surface area (Å²) in [6, 6.07) is 12.9. The van der Waals surface area contributed by atoms with Crippen LogP contribution in [0.2, 0.25) is 0 Å². The maximum absolute atomic E-state index is 13.2. The number of hydrogen-bond acceptors (Lipinski definition) is 5. The van der Waals surface area contributed by atoms with Crippen molar-refractivity contribution < 1.29 is 22.3 Å². The van der Waals surface area contributed by atoms with Crippen LogP contribution in [0.1, 0.15) is 24.0 Å². The minimum atomic E-state index is -3.76. The van der Waals surface area contributed by atoms with E-state index in [2.05, 4.69) is 22.3 Å². The number of carbonyl (C=O) groups excluding carboxylic acids is 1. The number of piperidine rings is 1. The molecule has 0 aromatic heterocycles. The Morgan fingerprint density at radius 3 is 2.55 bits per heavy atom. The molecule has 1 amide bonds. The van der Waals surface area contributed by atoms with Gasteiger partial charge in [-0.3, -0.25) is 9.69 Å². The van der Waals surface area contributed by atoms with E-state index in [1.165, 1.54) is 22.0 Å². The summed E-state index contributed by atoms with van der Waals surface area (Å²) in [7, 11) is -3.76. The molecule has 9 heteroatoms. The van der Waals surface area contributed by atoms with Crippen LogP contribution in [0.5, 0.6) is 0 Å². The van der Waals surface area contributed by atoms with Crippen LogP contribution in [0.4, 0.5) is 4.39 Å². The van der Waals surface area contributed by atoms with E-state index in [0.29, 0.717) is 25.9 Å².